The summed E-state index contributed by atoms with van der Waals surface area (Å²) in [4.78, 5) is 10.5. The fraction of sp³-hybridized carbons (Fsp3) is 0.417. The van der Waals surface area contributed by atoms with Crippen LogP contribution < -0.4 is 10.5 Å². The number of carbonyl (C=O) groups is 1. The Morgan fingerprint density at radius 1 is 1.56 bits per heavy atom. The maximum absolute atomic E-state index is 12.9. The molecule has 0 radical (unpaired) electrons. The third-order valence-corrected chi connectivity index (χ3v) is 2.29. The average molecular weight is 257 g/mol. The van der Waals surface area contributed by atoms with Gasteiger partial charge in [-0.3, -0.25) is 0 Å². The topological polar surface area (TPSA) is 81.8 Å². The standard InChI is InChI=1S/C12H16FNO4/c1-8(18-12(14)16)4-5-17-11-3-2-10(13)6-9(11)7-15/h2-3,6,8,15H,4-5,7H2,1H3,(H2,14,16)/t8-/m1/s1. The molecule has 0 aromatic heterocycles. The highest BCUT2D eigenvalue weighted by Gasteiger charge is 2.08. The number of amides is 1. The molecular weight excluding hydrogens is 241 g/mol. The summed E-state index contributed by atoms with van der Waals surface area (Å²) in [6, 6.07) is 3.90. The predicted molar refractivity (Wildman–Crippen MR) is 62.6 cm³/mol. The summed E-state index contributed by atoms with van der Waals surface area (Å²) < 4.78 is 23.0. The summed E-state index contributed by atoms with van der Waals surface area (Å²) >= 11 is 0. The van der Waals surface area contributed by atoms with Crippen molar-refractivity contribution in [1.82, 2.24) is 0 Å². The lowest BCUT2D eigenvalue weighted by atomic mass is 10.2. The average Bonchev–Trinajstić information content (AvgIpc) is 2.30. The smallest absolute Gasteiger partial charge is 0.404 e. The third-order valence-electron chi connectivity index (χ3n) is 2.29. The second-order valence-electron chi connectivity index (χ2n) is 3.79. The summed E-state index contributed by atoms with van der Waals surface area (Å²) in [6.07, 6.45) is -0.744. The molecule has 1 atom stereocenters. The molecule has 100 valence electrons. The van der Waals surface area contributed by atoms with Crippen LogP contribution in [0.3, 0.4) is 0 Å². The van der Waals surface area contributed by atoms with Crippen LogP contribution in [0.15, 0.2) is 18.2 Å². The third kappa shape index (κ3) is 4.58. The number of benzene rings is 1. The minimum atomic E-state index is -0.833. The Bertz CT molecular complexity index is 411. The van der Waals surface area contributed by atoms with E-state index in [2.05, 4.69) is 0 Å². The van der Waals surface area contributed by atoms with Gasteiger partial charge in [0.05, 0.1) is 13.2 Å². The molecule has 0 heterocycles. The number of hydrogen-bond acceptors (Lipinski definition) is 4. The molecule has 0 saturated carbocycles. The quantitative estimate of drug-likeness (QED) is 0.810. The van der Waals surface area contributed by atoms with Crippen molar-refractivity contribution < 1.29 is 23.8 Å². The molecule has 1 aromatic carbocycles. The highest BCUT2D eigenvalue weighted by molar-refractivity contribution is 5.64. The molecule has 18 heavy (non-hydrogen) atoms. The van der Waals surface area contributed by atoms with E-state index in [0.29, 0.717) is 17.7 Å². The van der Waals surface area contributed by atoms with E-state index in [9.17, 15) is 9.18 Å². The molecule has 0 saturated heterocycles. The molecule has 6 heteroatoms. The Hall–Kier alpha value is -1.82. The lowest BCUT2D eigenvalue weighted by Gasteiger charge is -2.13. The SMILES string of the molecule is C[C@H](CCOc1ccc(F)cc1CO)OC(N)=O. The number of hydrogen-bond donors (Lipinski definition) is 2. The number of halogens is 1. The number of aliphatic hydroxyl groups is 1. The maximum Gasteiger partial charge on any atom is 0.404 e. The molecule has 0 aliphatic heterocycles. The molecule has 0 aliphatic rings. The molecule has 0 bridgehead atoms. The molecule has 0 fully saturated rings. The van der Waals surface area contributed by atoms with Crippen molar-refractivity contribution in [1.29, 1.82) is 0 Å². The fourth-order valence-electron chi connectivity index (χ4n) is 1.40. The molecule has 0 aliphatic carbocycles. The number of rotatable bonds is 6. The van der Waals surface area contributed by atoms with Crippen LogP contribution in [0.1, 0.15) is 18.9 Å². The minimum absolute atomic E-state index is 0.271. The number of nitrogens with two attached hydrogens (primary N) is 1. The van der Waals surface area contributed by atoms with Gasteiger partial charge >= 0.3 is 6.09 Å². The second kappa shape index (κ2) is 6.80. The van der Waals surface area contributed by atoms with Crippen LogP contribution in [0.2, 0.25) is 0 Å². The van der Waals surface area contributed by atoms with Gasteiger partial charge in [-0.25, -0.2) is 9.18 Å². The first-order valence-electron chi connectivity index (χ1n) is 5.51. The van der Waals surface area contributed by atoms with Gasteiger partial charge in [0.15, 0.2) is 0 Å². The summed E-state index contributed by atoms with van der Waals surface area (Å²) in [6.45, 7) is 1.65. The van der Waals surface area contributed by atoms with Gasteiger partial charge in [-0.2, -0.15) is 0 Å². The van der Waals surface area contributed by atoms with E-state index in [4.69, 9.17) is 20.3 Å². The lowest BCUT2D eigenvalue weighted by Crippen LogP contribution is -2.22. The normalized spacial score (nSPS) is 11.9. The number of aliphatic hydroxyl groups excluding tert-OH is 1. The fourth-order valence-corrected chi connectivity index (χ4v) is 1.40. The van der Waals surface area contributed by atoms with Crippen molar-refractivity contribution in [3.8, 4) is 5.75 Å². The van der Waals surface area contributed by atoms with E-state index in [1.165, 1.54) is 18.2 Å². The molecule has 5 nitrogen and oxygen atoms in total. The van der Waals surface area contributed by atoms with Crippen LogP contribution in [0.25, 0.3) is 0 Å². The molecule has 1 rings (SSSR count). The van der Waals surface area contributed by atoms with Crippen LogP contribution in [0.5, 0.6) is 5.75 Å². The van der Waals surface area contributed by atoms with E-state index in [1.807, 2.05) is 0 Å². The van der Waals surface area contributed by atoms with Crippen molar-refractivity contribution >= 4 is 6.09 Å². The molecular formula is C12H16FNO4. The Kier molecular flexibility index (Phi) is 5.38. The van der Waals surface area contributed by atoms with Gasteiger partial charge in [-0.15, -0.1) is 0 Å². The van der Waals surface area contributed by atoms with E-state index in [0.717, 1.165) is 0 Å². The zero-order chi connectivity index (χ0) is 13.5. The van der Waals surface area contributed by atoms with Crippen molar-refractivity contribution in [2.45, 2.75) is 26.1 Å². The van der Waals surface area contributed by atoms with Crippen LogP contribution in [-0.2, 0) is 11.3 Å². The van der Waals surface area contributed by atoms with E-state index in [-0.39, 0.29) is 19.3 Å². The lowest BCUT2D eigenvalue weighted by molar-refractivity contribution is 0.101. The first kappa shape index (κ1) is 14.2. The van der Waals surface area contributed by atoms with Gasteiger partial charge in [-0.1, -0.05) is 0 Å². The Morgan fingerprint density at radius 2 is 2.28 bits per heavy atom. The van der Waals surface area contributed by atoms with Crippen molar-refractivity contribution in [3.05, 3.63) is 29.6 Å². The van der Waals surface area contributed by atoms with E-state index < -0.39 is 11.9 Å². The van der Waals surface area contributed by atoms with Gasteiger partial charge in [0.1, 0.15) is 17.7 Å². The van der Waals surface area contributed by atoms with Gasteiger partial charge in [0.2, 0.25) is 0 Å². The van der Waals surface area contributed by atoms with Gasteiger partial charge in [0.25, 0.3) is 0 Å². The van der Waals surface area contributed by atoms with Crippen molar-refractivity contribution in [2.75, 3.05) is 6.61 Å². The first-order valence-corrected chi connectivity index (χ1v) is 5.51. The van der Waals surface area contributed by atoms with Crippen LogP contribution in [0.4, 0.5) is 9.18 Å². The molecule has 0 spiro atoms. The van der Waals surface area contributed by atoms with Crippen molar-refractivity contribution in [2.24, 2.45) is 5.73 Å². The van der Waals surface area contributed by atoms with Crippen molar-refractivity contribution in [3.63, 3.8) is 0 Å². The van der Waals surface area contributed by atoms with Crippen LogP contribution in [-0.4, -0.2) is 23.9 Å². The first-order chi connectivity index (χ1) is 8.52. The minimum Gasteiger partial charge on any atom is -0.493 e. The Morgan fingerprint density at radius 3 is 2.89 bits per heavy atom. The summed E-state index contributed by atoms with van der Waals surface area (Å²) in [5.74, 6) is -0.0259. The Balaban J connectivity index is 2.46. The highest BCUT2D eigenvalue weighted by Crippen LogP contribution is 2.20. The maximum atomic E-state index is 12.9. The van der Waals surface area contributed by atoms with Gasteiger partial charge < -0.3 is 20.3 Å². The highest BCUT2D eigenvalue weighted by atomic mass is 19.1. The van der Waals surface area contributed by atoms with E-state index in [1.54, 1.807) is 6.92 Å². The van der Waals surface area contributed by atoms with Gasteiger partial charge in [0, 0.05) is 12.0 Å². The molecule has 1 aromatic rings. The summed E-state index contributed by atoms with van der Waals surface area (Å²) in [7, 11) is 0. The summed E-state index contributed by atoms with van der Waals surface area (Å²) in [5.41, 5.74) is 5.24. The number of ether oxygens (including phenoxy) is 2. The predicted octanol–water partition coefficient (Wildman–Crippen LogP) is 1.57. The zero-order valence-corrected chi connectivity index (χ0v) is 10.1. The largest absolute Gasteiger partial charge is 0.493 e. The molecule has 0 unspecified atom stereocenters. The van der Waals surface area contributed by atoms with Gasteiger partial charge in [-0.05, 0) is 25.1 Å². The summed E-state index contributed by atoms with van der Waals surface area (Å²) in [5, 5.41) is 9.04. The monoisotopic (exact) mass is 257 g/mol. The molecule has 1 amide bonds. The number of carbonyl (C=O) groups excluding carboxylic acids is 1. The number of primary amides is 1. The molecule has 3 N–H and O–H groups in total. The zero-order valence-electron chi connectivity index (χ0n) is 10.1. The van der Waals surface area contributed by atoms with E-state index >= 15 is 0 Å². The van der Waals surface area contributed by atoms with Crippen LogP contribution in [0, 0.1) is 5.82 Å². The second-order valence-corrected chi connectivity index (χ2v) is 3.79. The van der Waals surface area contributed by atoms with Crippen LogP contribution >= 0.6 is 0 Å². The Labute approximate surface area is 104 Å².